The van der Waals surface area contributed by atoms with E-state index in [0.717, 1.165) is 50.0 Å². The molecule has 1 amide bonds. The third-order valence-corrected chi connectivity index (χ3v) is 6.62. The van der Waals surface area contributed by atoms with Gasteiger partial charge in [0.25, 0.3) is 5.91 Å². The molecule has 1 aliphatic carbocycles. The highest BCUT2D eigenvalue weighted by molar-refractivity contribution is 5.99. The van der Waals surface area contributed by atoms with Crippen LogP contribution in [0.25, 0.3) is 10.9 Å². The molecule has 1 fully saturated rings. The summed E-state index contributed by atoms with van der Waals surface area (Å²) in [5.74, 6) is -0.509. The molecule has 0 bridgehead atoms. The van der Waals surface area contributed by atoms with Gasteiger partial charge in [-0.25, -0.2) is 9.18 Å². The number of fused-ring (bicyclic) bond motifs is 2. The summed E-state index contributed by atoms with van der Waals surface area (Å²) in [5.41, 5.74) is 2.97. The van der Waals surface area contributed by atoms with E-state index in [-0.39, 0.29) is 23.5 Å². The quantitative estimate of drug-likeness (QED) is 0.619. The lowest BCUT2D eigenvalue weighted by Gasteiger charge is -2.39. The first kappa shape index (κ1) is 19.1. The molecule has 0 radical (unpaired) electrons. The van der Waals surface area contributed by atoms with Crippen molar-refractivity contribution in [1.29, 1.82) is 0 Å². The van der Waals surface area contributed by atoms with E-state index in [2.05, 4.69) is 20.2 Å². The third-order valence-electron chi connectivity index (χ3n) is 6.62. The Balaban J connectivity index is 1.27. The lowest BCUT2D eigenvalue weighted by molar-refractivity contribution is 0.0853. The molecule has 2 atom stereocenters. The molecule has 0 saturated heterocycles. The highest BCUT2D eigenvalue weighted by Crippen LogP contribution is 2.27. The van der Waals surface area contributed by atoms with Crippen LogP contribution in [0.1, 0.15) is 47.4 Å². The number of hydrogen-bond acceptors (Lipinski definition) is 3. The first-order valence-electron chi connectivity index (χ1n) is 10.6. The zero-order valence-corrected chi connectivity index (χ0v) is 17.0. The van der Waals surface area contributed by atoms with Crippen molar-refractivity contribution < 1.29 is 9.18 Å². The van der Waals surface area contributed by atoms with Crippen molar-refractivity contribution in [3.05, 3.63) is 57.6 Å². The third kappa shape index (κ3) is 3.35. The number of nitrogens with zero attached hydrogens (tertiary/aromatic N) is 2. The molecule has 1 aliphatic heterocycles. The van der Waals surface area contributed by atoms with Crippen LogP contribution in [0.4, 0.5) is 4.39 Å². The van der Waals surface area contributed by atoms with Gasteiger partial charge in [0.2, 0.25) is 0 Å². The normalized spacial score (nSPS) is 22.2. The van der Waals surface area contributed by atoms with Gasteiger partial charge in [-0.2, -0.15) is 0 Å². The molecule has 1 aromatic carbocycles. The summed E-state index contributed by atoms with van der Waals surface area (Å²) in [6.45, 7) is 4.20. The number of aryl methyl sites for hydroxylation is 1. The number of H-pyrrole nitrogens is 2. The Morgan fingerprint density at radius 3 is 2.97 bits per heavy atom. The Kier molecular flexibility index (Phi) is 4.73. The van der Waals surface area contributed by atoms with Gasteiger partial charge in [0.1, 0.15) is 11.5 Å². The summed E-state index contributed by atoms with van der Waals surface area (Å²) in [6.07, 6.45) is 5.77. The van der Waals surface area contributed by atoms with Crippen LogP contribution in [0.2, 0.25) is 0 Å². The number of carbonyl (C=O) groups is 1. The fourth-order valence-electron chi connectivity index (χ4n) is 4.97. The molecule has 8 heteroatoms. The first-order valence-corrected chi connectivity index (χ1v) is 10.6. The van der Waals surface area contributed by atoms with E-state index in [9.17, 15) is 14.0 Å². The number of carbonyl (C=O) groups excluding carboxylic acids is 1. The van der Waals surface area contributed by atoms with Crippen LogP contribution in [-0.2, 0) is 13.1 Å². The SMILES string of the molecule is Cc1ccc(F)c2cc(C(=O)N[C@@H]3CCC[C@@H](N4CCn5c(c[nH]c5=O)C4)C3)[nH]c12. The van der Waals surface area contributed by atoms with Crippen molar-refractivity contribution in [2.24, 2.45) is 0 Å². The van der Waals surface area contributed by atoms with E-state index in [1.54, 1.807) is 22.9 Å². The lowest BCUT2D eigenvalue weighted by Crippen LogP contribution is -2.48. The summed E-state index contributed by atoms with van der Waals surface area (Å²) >= 11 is 0. The van der Waals surface area contributed by atoms with Gasteiger partial charge in [-0.3, -0.25) is 14.3 Å². The molecule has 0 unspecified atom stereocenters. The predicted molar refractivity (Wildman–Crippen MR) is 112 cm³/mol. The van der Waals surface area contributed by atoms with Gasteiger partial charge in [0, 0.05) is 43.3 Å². The second kappa shape index (κ2) is 7.43. The number of aromatic nitrogens is 3. The molecule has 1 saturated carbocycles. The molecule has 3 aromatic rings. The summed E-state index contributed by atoms with van der Waals surface area (Å²) in [6, 6.07) is 5.21. The van der Waals surface area contributed by atoms with Crippen molar-refractivity contribution in [3.8, 4) is 0 Å². The van der Waals surface area contributed by atoms with E-state index in [0.29, 0.717) is 29.2 Å². The largest absolute Gasteiger partial charge is 0.350 e. The number of amides is 1. The zero-order chi connectivity index (χ0) is 20.8. The van der Waals surface area contributed by atoms with Crippen LogP contribution >= 0.6 is 0 Å². The molecule has 3 heterocycles. The van der Waals surface area contributed by atoms with Gasteiger partial charge in [0.15, 0.2) is 0 Å². The number of nitrogens with one attached hydrogen (secondary N) is 3. The van der Waals surface area contributed by atoms with Gasteiger partial charge >= 0.3 is 5.69 Å². The molecule has 7 nitrogen and oxygen atoms in total. The van der Waals surface area contributed by atoms with Crippen molar-refractivity contribution in [1.82, 2.24) is 24.8 Å². The van der Waals surface area contributed by atoms with Gasteiger partial charge in [0.05, 0.1) is 11.2 Å². The Bertz CT molecular complexity index is 1120. The number of halogens is 1. The zero-order valence-electron chi connectivity index (χ0n) is 17.0. The Morgan fingerprint density at radius 2 is 2.13 bits per heavy atom. The van der Waals surface area contributed by atoms with E-state index in [1.807, 2.05) is 6.92 Å². The maximum absolute atomic E-state index is 14.1. The molecular weight excluding hydrogens is 385 g/mol. The van der Waals surface area contributed by atoms with Gasteiger partial charge < -0.3 is 15.3 Å². The predicted octanol–water partition coefficient (Wildman–Crippen LogP) is 2.66. The molecule has 2 aliphatic rings. The number of rotatable bonds is 3. The fourth-order valence-corrected chi connectivity index (χ4v) is 4.97. The second-order valence-electron chi connectivity index (χ2n) is 8.53. The van der Waals surface area contributed by atoms with Crippen molar-refractivity contribution in [2.75, 3.05) is 6.54 Å². The summed E-state index contributed by atoms with van der Waals surface area (Å²) < 4.78 is 15.9. The van der Waals surface area contributed by atoms with E-state index in [4.69, 9.17) is 0 Å². The molecule has 158 valence electrons. The van der Waals surface area contributed by atoms with Crippen LogP contribution in [0, 0.1) is 12.7 Å². The van der Waals surface area contributed by atoms with Crippen LogP contribution < -0.4 is 11.0 Å². The number of hydrogen-bond donors (Lipinski definition) is 3. The minimum Gasteiger partial charge on any atom is -0.350 e. The van der Waals surface area contributed by atoms with Gasteiger partial charge in [-0.1, -0.05) is 6.07 Å². The van der Waals surface area contributed by atoms with Crippen LogP contribution in [-0.4, -0.2) is 44.0 Å². The van der Waals surface area contributed by atoms with Crippen LogP contribution in [0.5, 0.6) is 0 Å². The first-order chi connectivity index (χ1) is 14.5. The molecule has 0 spiro atoms. The smallest absolute Gasteiger partial charge is 0.325 e. The molecule has 2 aromatic heterocycles. The topological polar surface area (TPSA) is 85.9 Å². The average molecular weight is 411 g/mol. The maximum Gasteiger partial charge on any atom is 0.325 e. The second-order valence-corrected chi connectivity index (χ2v) is 8.53. The van der Waals surface area contributed by atoms with Crippen molar-refractivity contribution in [3.63, 3.8) is 0 Å². The van der Waals surface area contributed by atoms with E-state index < -0.39 is 0 Å². The number of aromatic amines is 2. The lowest BCUT2D eigenvalue weighted by atomic mass is 9.89. The summed E-state index contributed by atoms with van der Waals surface area (Å²) in [7, 11) is 0. The Hall–Kier alpha value is -2.87. The fraction of sp³-hybridized carbons (Fsp3) is 0.455. The van der Waals surface area contributed by atoms with Gasteiger partial charge in [-0.05, 0) is 50.3 Å². The van der Waals surface area contributed by atoms with Crippen LogP contribution in [0.3, 0.4) is 0 Å². The van der Waals surface area contributed by atoms with Crippen LogP contribution in [0.15, 0.2) is 29.2 Å². The molecule has 5 rings (SSSR count). The minimum absolute atomic E-state index is 0.0385. The van der Waals surface area contributed by atoms with E-state index >= 15 is 0 Å². The Morgan fingerprint density at radius 1 is 1.27 bits per heavy atom. The average Bonchev–Trinajstić information content (AvgIpc) is 3.36. The highest BCUT2D eigenvalue weighted by Gasteiger charge is 2.30. The number of imidazole rings is 1. The van der Waals surface area contributed by atoms with Crippen molar-refractivity contribution in [2.45, 2.75) is 57.8 Å². The maximum atomic E-state index is 14.1. The van der Waals surface area contributed by atoms with Crippen molar-refractivity contribution >= 4 is 16.8 Å². The van der Waals surface area contributed by atoms with Gasteiger partial charge in [-0.15, -0.1) is 0 Å². The summed E-state index contributed by atoms with van der Waals surface area (Å²) in [4.78, 5) is 32.9. The molecule has 30 heavy (non-hydrogen) atoms. The molecule has 3 N–H and O–H groups in total. The summed E-state index contributed by atoms with van der Waals surface area (Å²) in [5, 5.41) is 3.60. The molecular formula is C22H26FN5O2. The highest BCUT2D eigenvalue weighted by atomic mass is 19.1. The minimum atomic E-state index is -0.322. The monoisotopic (exact) mass is 411 g/mol. The number of benzene rings is 1. The van der Waals surface area contributed by atoms with E-state index in [1.165, 1.54) is 6.07 Å². The standard InChI is InChI=1S/C22H26FN5O2/c1-13-5-6-18(23)17-10-19(26-20(13)17)21(29)25-14-3-2-4-15(9-14)27-7-8-28-16(12-27)11-24-22(28)30/h5-6,10-11,14-15,26H,2-4,7-9,12H2,1H3,(H,24,30)(H,25,29)/t14-,15-/m1/s1. The Labute approximate surface area is 173 Å².